The van der Waals surface area contributed by atoms with E-state index in [2.05, 4.69) is 15.4 Å². The third-order valence-corrected chi connectivity index (χ3v) is 3.27. The van der Waals surface area contributed by atoms with Gasteiger partial charge in [-0.1, -0.05) is 6.07 Å². The second-order valence-electron chi connectivity index (χ2n) is 4.64. The van der Waals surface area contributed by atoms with Crippen LogP contribution in [0, 0.1) is 0 Å². The van der Waals surface area contributed by atoms with Crippen LogP contribution in [-0.2, 0) is 6.54 Å². The Labute approximate surface area is 134 Å². The number of nitrogens with zero attached hydrogens (tertiary/aromatic N) is 3. The minimum Gasteiger partial charge on any atom is -0.399 e. The number of rotatable bonds is 2. The minimum atomic E-state index is -0.131. The van der Waals surface area contributed by atoms with Gasteiger partial charge in [0.1, 0.15) is 12.2 Å². The molecule has 1 atom stereocenters. The standard InChI is InChI=1S/C13H15N5O.2ClH/c14-10-4-1-3-9(7-10)13(19)17-11-5-2-6-18-12(11)15-8-16-18;;/h1,3-4,7-8,11H,2,5-6,14H2,(H,17,19);2*1H. The quantitative estimate of drug-likeness (QED) is 0.825. The molecule has 2 aromatic rings. The molecule has 0 aliphatic carbocycles. The van der Waals surface area contributed by atoms with Crippen molar-refractivity contribution in [2.24, 2.45) is 0 Å². The van der Waals surface area contributed by atoms with Crippen LogP contribution in [-0.4, -0.2) is 20.7 Å². The minimum absolute atomic E-state index is 0. The van der Waals surface area contributed by atoms with Gasteiger partial charge in [-0.3, -0.25) is 4.79 Å². The molecule has 1 amide bonds. The zero-order valence-corrected chi connectivity index (χ0v) is 12.9. The maximum absolute atomic E-state index is 12.2. The Morgan fingerprint density at radius 3 is 2.95 bits per heavy atom. The van der Waals surface area contributed by atoms with E-state index in [0.29, 0.717) is 11.3 Å². The Balaban J connectivity index is 0.00000110. The van der Waals surface area contributed by atoms with Crippen LogP contribution in [0.25, 0.3) is 0 Å². The first-order valence-electron chi connectivity index (χ1n) is 6.28. The Morgan fingerprint density at radius 2 is 2.19 bits per heavy atom. The van der Waals surface area contributed by atoms with E-state index >= 15 is 0 Å². The lowest BCUT2D eigenvalue weighted by atomic mass is 10.1. The van der Waals surface area contributed by atoms with Crippen LogP contribution in [0.5, 0.6) is 0 Å². The molecule has 0 radical (unpaired) electrons. The summed E-state index contributed by atoms with van der Waals surface area (Å²) in [5.41, 5.74) is 6.83. The summed E-state index contributed by atoms with van der Waals surface area (Å²) in [6.07, 6.45) is 3.39. The van der Waals surface area contributed by atoms with Crippen LogP contribution in [0.15, 0.2) is 30.6 Å². The van der Waals surface area contributed by atoms with Gasteiger partial charge in [-0.15, -0.1) is 24.8 Å². The number of nitrogens with two attached hydrogens (primary N) is 1. The fourth-order valence-corrected chi connectivity index (χ4v) is 2.35. The molecule has 0 bridgehead atoms. The zero-order chi connectivity index (χ0) is 13.2. The number of benzene rings is 1. The predicted octanol–water partition coefficient (Wildman–Crippen LogP) is 1.97. The number of hydrogen-bond donors (Lipinski definition) is 2. The number of aromatic nitrogens is 3. The number of carbonyl (C=O) groups excluding carboxylic acids is 1. The highest BCUT2D eigenvalue weighted by Crippen LogP contribution is 2.22. The van der Waals surface area contributed by atoms with E-state index in [4.69, 9.17) is 5.73 Å². The van der Waals surface area contributed by atoms with Crippen molar-refractivity contribution in [3.63, 3.8) is 0 Å². The molecule has 0 fully saturated rings. The number of carbonyl (C=O) groups is 1. The first-order valence-corrected chi connectivity index (χ1v) is 6.28. The molecule has 1 aliphatic rings. The summed E-state index contributed by atoms with van der Waals surface area (Å²) >= 11 is 0. The fourth-order valence-electron chi connectivity index (χ4n) is 2.35. The SMILES string of the molecule is Cl.Cl.Nc1cccc(C(=O)NC2CCCn3ncnc32)c1. The van der Waals surface area contributed by atoms with Gasteiger partial charge in [-0.2, -0.15) is 5.10 Å². The smallest absolute Gasteiger partial charge is 0.251 e. The fraction of sp³-hybridized carbons (Fsp3) is 0.308. The summed E-state index contributed by atoms with van der Waals surface area (Å²) in [6.45, 7) is 0.861. The molecule has 3 rings (SSSR count). The largest absolute Gasteiger partial charge is 0.399 e. The third-order valence-electron chi connectivity index (χ3n) is 3.27. The molecule has 0 spiro atoms. The van der Waals surface area contributed by atoms with Gasteiger partial charge in [0.2, 0.25) is 0 Å². The molecule has 1 aromatic carbocycles. The number of hydrogen-bond acceptors (Lipinski definition) is 4. The average Bonchev–Trinajstić information content (AvgIpc) is 2.88. The number of nitrogens with one attached hydrogen (secondary N) is 1. The highest BCUT2D eigenvalue weighted by Gasteiger charge is 2.24. The van der Waals surface area contributed by atoms with E-state index in [1.54, 1.807) is 24.3 Å². The van der Waals surface area contributed by atoms with Crippen LogP contribution in [0.4, 0.5) is 5.69 Å². The molecular formula is C13H17Cl2N5O. The van der Waals surface area contributed by atoms with Crippen LogP contribution in [0.2, 0.25) is 0 Å². The van der Waals surface area contributed by atoms with Gasteiger partial charge in [0.05, 0.1) is 6.04 Å². The number of anilines is 1. The van der Waals surface area contributed by atoms with Crippen molar-refractivity contribution in [3.05, 3.63) is 42.0 Å². The average molecular weight is 330 g/mol. The maximum Gasteiger partial charge on any atom is 0.251 e. The van der Waals surface area contributed by atoms with E-state index in [1.165, 1.54) is 6.33 Å². The molecule has 1 unspecified atom stereocenters. The molecule has 114 valence electrons. The number of aryl methyl sites for hydroxylation is 1. The topological polar surface area (TPSA) is 85.8 Å². The van der Waals surface area contributed by atoms with Gasteiger partial charge in [-0.05, 0) is 31.0 Å². The lowest BCUT2D eigenvalue weighted by Crippen LogP contribution is -2.33. The second-order valence-corrected chi connectivity index (χ2v) is 4.64. The monoisotopic (exact) mass is 329 g/mol. The predicted molar refractivity (Wildman–Crippen MR) is 84.8 cm³/mol. The van der Waals surface area contributed by atoms with Crippen LogP contribution >= 0.6 is 24.8 Å². The first kappa shape index (κ1) is 17.3. The Hall–Kier alpha value is -1.79. The molecule has 2 heterocycles. The summed E-state index contributed by atoms with van der Waals surface area (Å²) in [6, 6.07) is 6.87. The zero-order valence-electron chi connectivity index (χ0n) is 11.2. The number of fused-ring (bicyclic) bond motifs is 1. The number of amides is 1. The van der Waals surface area contributed by atoms with E-state index in [0.717, 1.165) is 25.2 Å². The lowest BCUT2D eigenvalue weighted by Gasteiger charge is -2.23. The van der Waals surface area contributed by atoms with E-state index < -0.39 is 0 Å². The highest BCUT2D eigenvalue weighted by atomic mass is 35.5. The molecule has 1 aliphatic heterocycles. The molecule has 0 saturated carbocycles. The van der Waals surface area contributed by atoms with Gasteiger partial charge in [0, 0.05) is 17.8 Å². The van der Waals surface area contributed by atoms with Crippen molar-refractivity contribution in [1.82, 2.24) is 20.1 Å². The van der Waals surface area contributed by atoms with Crippen molar-refractivity contribution >= 4 is 36.4 Å². The second kappa shape index (κ2) is 7.28. The van der Waals surface area contributed by atoms with Gasteiger partial charge >= 0.3 is 0 Å². The van der Waals surface area contributed by atoms with Crippen molar-refractivity contribution in [1.29, 1.82) is 0 Å². The summed E-state index contributed by atoms with van der Waals surface area (Å²) in [7, 11) is 0. The summed E-state index contributed by atoms with van der Waals surface area (Å²) in [5, 5.41) is 7.12. The van der Waals surface area contributed by atoms with Crippen molar-refractivity contribution in [3.8, 4) is 0 Å². The Morgan fingerprint density at radius 1 is 1.38 bits per heavy atom. The first-order chi connectivity index (χ1) is 9.24. The molecular weight excluding hydrogens is 313 g/mol. The normalized spacial score (nSPS) is 16.1. The van der Waals surface area contributed by atoms with Crippen LogP contribution < -0.4 is 11.1 Å². The lowest BCUT2D eigenvalue weighted by molar-refractivity contribution is 0.0927. The van der Waals surface area contributed by atoms with Crippen molar-refractivity contribution < 1.29 is 4.79 Å². The van der Waals surface area contributed by atoms with Crippen LogP contribution in [0.3, 0.4) is 0 Å². The highest BCUT2D eigenvalue weighted by molar-refractivity contribution is 5.95. The van der Waals surface area contributed by atoms with Gasteiger partial charge in [0.15, 0.2) is 0 Å². The van der Waals surface area contributed by atoms with Crippen molar-refractivity contribution in [2.45, 2.75) is 25.4 Å². The van der Waals surface area contributed by atoms with E-state index in [9.17, 15) is 4.79 Å². The van der Waals surface area contributed by atoms with Gasteiger partial charge < -0.3 is 11.1 Å². The molecule has 21 heavy (non-hydrogen) atoms. The van der Waals surface area contributed by atoms with E-state index in [1.807, 2.05) is 4.68 Å². The summed E-state index contributed by atoms with van der Waals surface area (Å²) < 4.78 is 1.84. The number of halogens is 2. The summed E-state index contributed by atoms with van der Waals surface area (Å²) in [4.78, 5) is 16.4. The molecule has 3 N–H and O–H groups in total. The Kier molecular flexibility index (Phi) is 5.99. The van der Waals surface area contributed by atoms with Crippen molar-refractivity contribution in [2.75, 3.05) is 5.73 Å². The Bertz CT molecular complexity index is 616. The van der Waals surface area contributed by atoms with Crippen LogP contribution in [0.1, 0.15) is 35.1 Å². The third kappa shape index (κ3) is 3.65. The van der Waals surface area contributed by atoms with E-state index in [-0.39, 0.29) is 36.8 Å². The summed E-state index contributed by atoms with van der Waals surface area (Å²) in [5.74, 6) is 0.692. The van der Waals surface area contributed by atoms with Gasteiger partial charge in [-0.25, -0.2) is 9.67 Å². The molecule has 6 nitrogen and oxygen atoms in total. The van der Waals surface area contributed by atoms with Gasteiger partial charge in [0.25, 0.3) is 5.91 Å². The molecule has 0 saturated heterocycles. The number of nitrogen functional groups attached to an aromatic ring is 1. The maximum atomic E-state index is 12.2. The molecule has 8 heteroatoms. The molecule has 1 aromatic heterocycles.